The highest BCUT2D eigenvalue weighted by Gasteiger charge is 2.28. The minimum absolute atomic E-state index is 0.190. The van der Waals surface area contributed by atoms with Gasteiger partial charge in [-0.05, 0) is 63.1 Å². The second kappa shape index (κ2) is 6.90. The van der Waals surface area contributed by atoms with Crippen molar-refractivity contribution in [3.63, 3.8) is 0 Å². The Morgan fingerprint density at radius 1 is 1.00 bits per heavy atom. The topological polar surface area (TPSA) is 12.0 Å². The molecule has 108 valence electrons. The van der Waals surface area contributed by atoms with Gasteiger partial charge in [0.05, 0.1) is 0 Å². The van der Waals surface area contributed by atoms with E-state index >= 15 is 0 Å². The third-order valence-corrected chi connectivity index (χ3v) is 4.51. The molecular weight excluding hydrogens is 298 g/mol. The van der Waals surface area contributed by atoms with Crippen LogP contribution in [-0.4, -0.2) is 12.1 Å². The first kappa shape index (κ1) is 16.7. The highest BCUT2D eigenvalue weighted by atomic mass is 79.9. The lowest BCUT2D eigenvalue weighted by atomic mass is 9.76. The maximum Gasteiger partial charge on any atom is 0.0175 e. The monoisotopic (exact) mass is 325 g/mol. The molecule has 0 atom stereocenters. The summed E-state index contributed by atoms with van der Waals surface area (Å²) in [4.78, 5) is 0. The zero-order chi connectivity index (χ0) is 14.5. The van der Waals surface area contributed by atoms with Crippen LogP contribution in [0.4, 0.5) is 0 Å². The summed E-state index contributed by atoms with van der Waals surface area (Å²) in [6.07, 6.45) is 3.57. The average Bonchev–Trinajstić information content (AvgIpc) is 2.36. The predicted molar refractivity (Wildman–Crippen MR) is 88.6 cm³/mol. The summed E-state index contributed by atoms with van der Waals surface area (Å²) in [6, 6.07) is 8.76. The molecule has 0 aliphatic heterocycles. The highest BCUT2D eigenvalue weighted by Crippen LogP contribution is 2.31. The first-order valence-electron chi connectivity index (χ1n) is 7.30. The van der Waals surface area contributed by atoms with E-state index in [0.29, 0.717) is 5.41 Å². The molecule has 0 fully saturated rings. The van der Waals surface area contributed by atoms with E-state index in [0.717, 1.165) is 17.4 Å². The molecule has 0 aliphatic carbocycles. The molecule has 0 heterocycles. The molecule has 0 aliphatic rings. The van der Waals surface area contributed by atoms with E-state index in [9.17, 15) is 0 Å². The fraction of sp³-hybridized carbons (Fsp3) is 0.647. The lowest BCUT2D eigenvalue weighted by Crippen LogP contribution is -2.44. The van der Waals surface area contributed by atoms with Gasteiger partial charge in [0, 0.05) is 16.6 Å². The number of hydrogen-bond acceptors (Lipinski definition) is 1. The van der Waals surface area contributed by atoms with Crippen LogP contribution in [-0.2, 0) is 6.42 Å². The molecule has 1 N–H and O–H groups in total. The molecule has 1 aromatic carbocycles. The molecule has 0 unspecified atom stereocenters. The third kappa shape index (κ3) is 5.66. The van der Waals surface area contributed by atoms with Gasteiger partial charge in [0.1, 0.15) is 0 Å². The minimum Gasteiger partial charge on any atom is -0.312 e. The Bertz CT molecular complexity index is 371. The maximum absolute atomic E-state index is 3.69. The summed E-state index contributed by atoms with van der Waals surface area (Å²) < 4.78 is 1.16. The maximum atomic E-state index is 3.69. The fourth-order valence-corrected chi connectivity index (χ4v) is 2.56. The van der Waals surface area contributed by atoms with E-state index in [1.165, 1.54) is 18.4 Å². The standard InChI is InChI=1S/C17H28BrN/c1-6-17(7-2,13-19-16(3,4)5)12-14-8-10-15(18)11-9-14/h8-11,19H,6-7,12-13H2,1-5H3. The molecule has 1 aromatic rings. The van der Waals surface area contributed by atoms with Crippen LogP contribution >= 0.6 is 15.9 Å². The Balaban J connectivity index is 2.78. The largest absolute Gasteiger partial charge is 0.312 e. The van der Waals surface area contributed by atoms with E-state index in [-0.39, 0.29) is 5.54 Å². The normalized spacial score (nSPS) is 12.7. The van der Waals surface area contributed by atoms with Crippen molar-refractivity contribution in [1.82, 2.24) is 5.32 Å². The summed E-state index contributed by atoms with van der Waals surface area (Å²) in [5.74, 6) is 0. The molecule has 0 amide bonds. The predicted octanol–water partition coefficient (Wildman–Crippen LogP) is 5.19. The van der Waals surface area contributed by atoms with Gasteiger partial charge in [0.2, 0.25) is 0 Å². The van der Waals surface area contributed by atoms with E-state index in [2.05, 4.69) is 80.1 Å². The molecule has 0 saturated heterocycles. The van der Waals surface area contributed by atoms with Crippen molar-refractivity contribution in [2.45, 2.75) is 59.4 Å². The third-order valence-electron chi connectivity index (χ3n) is 3.99. The van der Waals surface area contributed by atoms with Gasteiger partial charge in [-0.15, -0.1) is 0 Å². The van der Waals surface area contributed by atoms with Crippen molar-refractivity contribution in [3.05, 3.63) is 34.3 Å². The Hall–Kier alpha value is -0.340. The summed E-state index contributed by atoms with van der Waals surface area (Å²) in [5.41, 5.74) is 1.98. The molecule has 0 spiro atoms. The second-order valence-corrected chi connectivity index (χ2v) is 7.53. The molecule has 0 saturated carbocycles. The number of rotatable bonds is 6. The first-order chi connectivity index (χ1) is 8.80. The van der Waals surface area contributed by atoms with Gasteiger partial charge in [-0.2, -0.15) is 0 Å². The van der Waals surface area contributed by atoms with E-state index in [1.807, 2.05) is 0 Å². The van der Waals surface area contributed by atoms with Crippen molar-refractivity contribution in [3.8, 4) is 0 Å². The molecule has 2 heteroatoms. The van der Waals surface area contributed by atoms with Crippen LogP contribution in [0.5, 0.6) is 0 Å². The Morgan fingerprint density at radius 3 is 1.95 bits per heavy atom. The van der Waals surface area contributed by atoms with Crippen LogP contribution in [0.15, 0.2) is 28.7 Å². The van der Waals surface area contributed by atoms with Gasteiger partial charge in [-0.3, -0.25) is 0 Å². The van der Waals surface area contributed by atoms with Crippen LogP contribution in [0.2, 0.25) is 0 Å². The zero-order valence-electron chi connectivity index (χ0n) is 13.0. The summed E-state index contributed by atoms with van der Waals surface area (Å²) in [6.45, 7) is 12.4. The van der Waals surface area contributed by atoms with Gasteiger partial charge in [0.25, 0.3) is 0 Å². The SMILES string of the molecule is CCC(CC)(CNC(C)(C)C)Cc1ccc(Br)cc1. The Morgan fingerprint density at radius 2 is 1.53 bits per heavy atom. The van der Waals surface area contributed by atoms with Gasteiger partial charge >= 0.3 is 0 Å². The van der Waals surface area contributed by atoms with Crippen molar-refractivity contribution in [2.75, 3.05) is 6.54 Å². The van der Waals surface area contributed by atoms with E-state index in [1.54, 1.807) is 0 Å². The number of nitrogens with one attached hydrogen (secondary N) is 1. The quantitative estimate of drug-likeness (QED) is 0.759. The molecule has 0 radical (unpaired) electrons. The summed E-state index contributed by atoms with van der Waals surface area (Å²) in [7, 11) is 0. The van der Waals surface area contributed by atoms with Crippen molar-refractivity contribution < 1.29 is 0 Å². The van der Waals surface area contributed by atoms with Gasteiger partial charge in [-0.1, -0.05) is 41.9 Å². The van der Waals surface area contributed by atoms with Crippen LogP contribution in [0.3, 0.4) is 0 Å². The number of benzene rings is 1. The molecule has 1 nitrogen and oxygen atoms in total. The second-order valence-electron chi connectivity index (χ2n) is 6.61. The van der Waals surface area contributed by atoms with Crippen molar-refractivity contribution >= 4 is 15.9 Å². The Kier molecular flexibility index (Phi) is 6.07. The molecule has 0 aromatic heterocycles. The summed E-state index contributed by atoms with van der Waals surface area (Å²) >= 11 is 3.50. The minimum atomic E-state index is 0.190. The molecule has 1 rings (SSSR count). The van der Waals surface area contributed by atoms with Gasteiger partial charge in [-0.25, -0.2) is 0 Å². The van der Waals surface area contributed by atoms with Crippen LogP contribution in [0.25, 0.3) is 0 Å². The van der Waals surface area contributed by atoms with Crippen LogP contribution in [0, 0.1) is 5.41 Å². The van der Waals surface area contributed by atoms with Crippen molar-refractivity contribution in [2.24, 2.45) is 5.41 Å². The van der Waals surface area contributed by atoms with Crippen molar-refractivity contribution in [1.29, 1.82) is 0 Å². The average molecular weight is 326 g/mol. The van der Waals surface area contributed by atoms with Crippen LogP contribution < -0.4 is 5.32 Å². The lowest BCUT2D eigenvalue weighted by molar-refractivity contribution is 0.220. The summed E-state index contributed by atoms with van der Waals surface area (Å²) in [5, 5.41) is 3.69. The van der Waals surface area contributed by atoms with Gasteiger partial charge < -0.3 is 5.32 Å². The molecular formula is C17H28BrN. The molecule has 0 bridgehead atoms. The van der Waals surface area contributed by atoms with E-state index in [4.69, 9.17) is 0 Å². The zero-order valence-corrected chi connectivity index (χ0v) is 14.6. The van der Waals surface area contributed by atoms with E-state index < -0.39 is 0 Å². The smallest absolute Gasteiger partial charge is 0.0175 e. The molecule has 19 heavy (non-hydrogen) atoms. The number of hydrogen-bond donors (Lipinski definition) is 1. The lowest BCUT2D eigenvalue weighted by Gasteiger charge is -2.35. The highest BCUT2D eigenvalue weighted by molar-refractivity contribution is 9.10. The Labute approximate surface area is 127 Å². The fourth-order valence-electron chi connectivity index (χ4n) is 2.30. The number of halogens is 1. The first-order valence-corrected chi connectivity index (χ1v) is 8.09. The van der Waals surface area contributed by atoms with Gasteiger partial charge in [0.15, 0.2) is 0 Å². The van der Waals surface area contributed by atoms with Crippen LogP contribution in [0.1, 0.15) is 53.0 Å².